The minimum absolute atomic E-state index is 0.0113. The molecule has 2 saturated carbocycles. The molecule has 0 aromatic carbocycles. The maximum Gasteiger partial charge on any atom is 0.300 e. The van der Waals surface area contributed by atoms with Crippen LogP contribution in [0, 0.1) is 17.8 Å². The highest BCUT2D eigenvalue weighted by atomic mass is 16.5. The Bertz CT molecular complexity index is 968. The van der Waals surface area contributed by atoms with Gasteiger partial charge >= 0.3 is 0 Å². The maximum atomic E-state index is 13.0. The highest BCUT2D eigenvalue weighted by molar-refractivity contribution is 5.94. The number of aromatic amines is 1. The van der Waals surface area contributed by atoms with Gasteiger partial charge in [-0.1, -0.05) is 0 Å². The Morgan fingerprint density at radius 1 is 1.03 bits per heavy atom. The van der Waals surface area contributed by atoms with Crippen molar-refractivity contribution in [3.63, 3.8) is 0 Å². The molecule has 3 aliphatic carbocycles. The second-order valence-electron chi connectivity index (χ2n) is 10.3. The van der Waals surface area contributed by atoms with Gasteiger partial charge in [-0.05, 0) is 93.8 Å². The summed E-state index contributed by atoms with van der Waals surface area (Å²) in [7, 11) is 0. The van der Waals surface area contributed by atoms with Gasteiger partial charge in [0.15, 0.2) is 0 Å². The van der Waals surface area contributed by atoms with Crippen molar-refractivity contribution in [1.82, 2.24) is 15.6 Å². The van der Waals surface area contributed by atoms with Crippen LogP contribution in [0.2, 0.25) is 0 Å². The van der Waals surface area contributed by atoms with E-state index in [1.165, 1.54) is 12.8 Å². The summed E-state index contributed by atoms with van der Waals surface area (Å²) < 4.78 is 6.26. The van der Waals surface area contributed by atoms with Crippen molar-refractivity contribution < 1.29 is 29.3 Å². The summed E-state index contributed by atoms with van der Waals surface area (Å²) in [5, 5.41) is 21.5. The normalized spacial score (nSPS) is 26.2. The van der Waals surface area contributed by atoms with Crippen LogP contribution >= 0.6 is 0 Å². The Balaban J connectivity index is 0.000000398. The summed E-state index contributed by atoms with van der Waals surface area (Å²) in [6, 6.07) is 1.81. The van der Waals surface area contributed by atoms with Gasteiger partial charge in [-0.25, -0.2) is 0 Å². The zero-order valence-corrected chi connectivity index (χ0v) is 21.2. The van der Waals surface area contributed by atoms with Crippen LogP contribution in [0.5, 0.6) is 0 Å². The SMILES string of the molecule is CC(=O)O.CC(=O)O.O=C(N[C@H]1C[C@H]2CNC[C@H]2C[C@@H]1OCC1CC1)c1cc2c([nH]c1=O)CCCC2. The van der Waals surface area contributed by atoms with Crippen molar-refractivity contribution in [1.29, 1.82) is 0 Å². The van der Waals surface area contributed by atoms with Crippen LogP contribution in [0.4, 0.5) is 0 Å². The van der Waals surface area contributed by atoms with Gasteiger partial charge in [0.2, 0.25) is 0 Å². The zero-order valence-electron chi connectivity index (χ0n) is 21.2. The van der Waals surface area contributed by atoms with E-state index in [1.54, 1.807) is 0 Å². The Morgan fingerprint density at radius 2 is 1.64 bits per heavy atom. The predicted octanol–water partition coefficient (Wildman–Crippen LogP) is 1.96. The molecule has 36 heavy (non-hydrogen) atoms. The quantitative estimate of drug-likeness (QED) is 0.406. The third kappa shape index (κ3) is 8.44. The second-order valence-corrected chi connectivity index (χ2v) is 10.3. The molecule has 0 unspecified atom stereocenters. The molecule has 0 spiro atoms. The summed E-state index contributed by atoms with van der Waals surface area (Å²) in [6.07, 6.45) is 8.59. The van der Waals surface area contributed by atoms with Crippen molar-refractivity contribution in [3.05, 3.63) is 33.2 Å². The molecule has 2 heterocycles. The van der Waals surface area contributed by atoms with Gasteiger partial charge in [0.25, 0.3) is 23.4 Å². The van der Waals surface area contributed by atoms with Gasteiger partial charge in [-0.15, -0.1) is 0 Å². The molecule has 1 aliphatic heterocycles. The van der Waals surface area contributed by atoms with Crippen LogP contribution in [0.1, 0.15) is 74.0 Å². The smallest absolute Gasteiger partial charge is 0.300 e. The molecule has 1 saturated heterocycles. The molecule has 0 radical (unpaired) electrons. The first-order chi connectivity index (χ1) is 17.1. The molecule has 4 aliphatic rings. The van der Waals surface area contributed by atoms with Gasteiger partial charge in [-0.2, -0.15) is 0 Å². The predicted molar refractivity (Wildman–Crippen MR) is 133 cm³/mol. The number of nitrogens with one attached hydrogen (secondary N) is 3. The van der Waals surface area contributed by atoms with E-state index < -0.39 is 11.9 Å². The monoisotopic (exact) mass is 505 g/mol. The lowest BCUT2D eigenvalue weighted by Gasteiger charge is -2.38. The number of rotatable bonds is 5. The highest BCUT2D eigenvalue weighted by Gasteiger charge is 2.41. The third-order valence-electron chi connectivity index (χ3n) is 7.16. The lowest BCUT2D eigenvalue weighted by molar-refractivity contribution is -0.135. The van der Waals surface area contributed by atoms with Crippen molar-refractivity contribution in [2.24, 2.45) is 17.8 Å². The number of hydrogen-bond donors (Lipinski definition) is 5. The molecule has 200 valence electrons. The first-order valence-electron chi connectivity index (χ1n) is 12.9. The van der Waals surface area contributed by atoms with E-state index in [1.807, 2.05) is 6.07 Å². The van der Waals surface area contributed by atoms with Crippen LogP contribution in [0.3, 0.4) is 0 Å². The number of amides is 1. The summed E-state index contributed by atoms with van der Waals surface area (Å²) >= 11 is 0. The fraction of sp³-hybridized carbons (Fsp3) is 0.692. The van der Waals surface area contributed by atoms with E-state index in [0.717, 1.165) is 83.3 Å². The fourth-order valence-corrected chi connectivity index (χ4v) is 5.25. The number of carboxylic acid groups (broad SMARTS) is 2. The summed E-state index contributed by atoms with van der Waals surface area (Å²) in [6.45, 7) is 5.05. The molecule has 4 atom stereocenters. The van der Waals surface area contributed by atoms with Gasteiger partial charge in [0, 0.05) is 26.1 Å². The number of H-pyrrole nitrogens is 1. The Labute approximate surface area is 211 Å². The Hall–Kier alpha value is -2.72. The topological polar surface area (TPSA) is 158 Å². The van der Waals surface area contributed by atoms with Crippen molar-refractivity contribution in [2.45, 2.75) is 77.4 Å². The lowest BCUT2D eigenvalue weighted by atomic mass is 9.77. The number of hydrogen-bond acceptors (Lipinski definition) is 6. The maximum absolute atomic E-state index is 13.0. The Morgan fingerprint density at radius 3 is 2.28 bits per heavy atom. The largest absolute Gasteiger partial charge is 0.481 e. The molecule has 1 amide bonds. The summed E-state index contributed by atoms with van der Waals surface area (Å²) in [4.78, 5) is 46.5. The van der Waals surface area contributed by atoms with Gasteiger partial charge in [0.05, 0.1) is 12.1 Å². The average Bonchev–Trinajstić information content (AvgIpc) is 3.52. The van der Waals surface area contributed by atoms with Crippen LogP contribution in [0.15, 0.2) is 10.9 Å². The number of aliphatic carboxylic acids is 2. The zero-order chi connectivity index (χ0) is 26.2. The number of fused-ring (bicyclic) bond motifs is 2. The number of ether oxygens (including phenoxy) is 1. The molecule has 10 nitrogen and oxygen atoms in total. The molecule has 1 aromatic heterocycles. The average molecular weight is 506 g/mol. The third-order valence-corrected chi connectivity index (χ3v) is 7.16. The summed E-state index contributed by atoms with van der Waals surface area (Å²) in [5.74, 6) is 0.0284. The fourth-order valence-electron chi connectivity index (χ4n) is 5.25. The number of pyridine rings is 1. The molecule has 1 aromatic rings. The van der Waals surface area contributed by atoms with E-state index in [4.69, 9.17) is 24.5 Å². The van der Waals surface area contributed by atoms with Gasteiger partial charge in [0.1, 0.15) is 5.56 Å². The van der Waals surface area contributed by atoms with E-state index in [0.29, 0.717) is 17.8 Å². The molecular weight excluding hydrogens is 466 g/mol. The highest BCUT2D eigenvalue weighted by Crippen LogP contribution is 2.36. The van der Waals surface area contributed by atoms with Gasteiger partial charge < -0.3 is 30.6 Å². The molecule has 10 heteroatoms. The van der Waals surface area contributed by atoms with Gasteiger partial charge in [-0.3, -0.25) is 19.2 Å². The number of carboxylic acids is 2. The number of aryl methyl sites for hydroxylation is 2. The minimum atomic E-state index is -0.833. The lowest BCUT2D eigenvalue weighted by Crippen LogP contribution is -2.51. The van der Waals surface area contributed by atoms with E-state index in [2.05, 4.69) is 15.6 Å². The summed E-state index contributed by atoms with van der Waals surface area (Å²) in [5.41, 5.74) is 2.13. The number of carbonyl (C=O) groups excluding carboxylic acids is 1. The molecule has 5 N–H and O–H groups in total. The van der Waals surface area contributed by atoms with E-state index in [-0.39, 0.29) is 29.2 Å². The second kappa shape index (κ2) is 13.0. The van der Waals surface area contributed by atoms with E-state index in [9.17, 15) is 9.59 Å². The molecular formula is C26H39N3O7. The van der Waals surface area contributed by atoms with Crippen LogP contribution in [-0.4, -0.2) is 64.9 Å². The van der Waals surface area contributed by atoms with Crippen molar-refractivity contribution >= 4 is 17.8 Å². The molecule has 3 fully saturated rings. The first-order valence-corrected chi connectivity index (χ1v) is 12.9. The van der Waals surface area contributed by atoms with Crippen molar-refractivity contribution in [3.8, 4) is 0 Å². The van der Waals surface area contributed by atoms with Crippen LogP contribution < -0.4 is 16.2 Å². The number of carbonyl (C=O) groups is 3. The van der Waals surface area contributed by atoms with Crippen molar-refractivity contribution in [2.75, 3.05) is 19.7 Å². The number of aromatic nitrogens is 1. The molecule has 5 rings (SSSR count). The van der Waals surface area contributed by atoms with Crippen LogP contribution in [0.25, 0.3) is 0 Å². The molecule has 0 bridgehead atoms. The Kier molecular flexibility index (Phi) is 10.1. The minimum Gasteiger partial charge on any atom is -0.481 e. The van der Waals surface area contributed by atoms with E-state index >= 15 is 0 Å². The first kappa shape index (κ1) is 27.9. The standard InChI is InChI=1S/C22H31N3O3.2C2H4O2/c26-21-17(7-14-3-1-2-4-18(14)24-21)22(27)25-19-8-15-10-23-11-16(15)9-20(19)28-12-13-5-6-13;2*1-2(3)4/h7,13,15-16,19-20,23H,1-6,8-12H2,(H,24,26)(H,25,27);2*1H3,(H,3,4)/t15-,16+,19-,20-;;/m0../s1. The van der Waals surface area contributed by atoms with Crippen LogP contribution in [-0.2, 0) is 27.2 Å².